The lowest BCUT2D eigenvalue weighted by atomic mass is 10.2. The molecule has 88 valence electrons. The van der Waals surface area contributed by atoms with Gasteiger partial charge >= 0.3 is 10.9 Å². The first-order chi connectivity index (χ1) is 7.79. The highest BCUT2D eigenvalue weighted by Gasteiger charge is 2.18. The lowest BCUT2D eigenvalue weighted by Gasteiger charge is -1.97. The molecule has 0 fully saturated rings. The van der Waals surface area contributed by atoms with Crippen molar-refractivity contribution in [2.24, 2.45) is 7.05 Å². The zero-order valence-electron chi connectivity index (χ0n) is 9.10. The predicted molar refractivity (Wildman–Crippen MR) is 71.2 cm³/mol. The molecule has 1 aromatic carbocycles. The summed E-state index contributed by atoms with van der Waals surface area (Å²) < 4.78 is 7.70. The summed E-state index contributed by atoms with van der Waals surface area (Å²) in [6.45, 7) is 0. The molecule has 0 unspecified atom stereocenters. The SMILES string of the molecule is C.CSc1nc2c(cc3ccccc3[n+]2C)o1. The fraction of sp³-hybridized carbons (Fsp3) is 0.231. The molecule has 0 aliphatic heterocycles. The molecule has 2 aromatic heterocycles. The maximum absolute atomic E-state index is 5.64. The normalized spacial score (nSPS) is 10.7. The Balaban J connectivity index is 0.00000108. The van der Waals surface area contributed by atoms with Gasteiger partial charge in [0, 0.05) is 16.4 Å². The maximum Gasteiger partial charge on any atom is 0.371 e. The molecule has 0 aliphatic rings. The van der Waals surface area contributed by atoms with Crippen LogP contribution in [-0.4, -0.2) is 11.2 Å². The van der Waals surface area contributed by atoms with Crippen molar-refractivity contribution < 1.29 is 8.98 Å². The van der Waals surface area contributed by atoms with Gasteiger partial charge in [0.05, 0.1) is 7.05 Å². The highest BCUT2D eigenvalue weighted by molar-refractivity contribution is 7.98. The maximum atomic E-state index is 5.64. The molecule has 0 bridgehead atoms. The standard InChI is InChI=1S/C12H11N2OS.CH4/c1-14-9-6-4-3-5-8(9)7-10-11(14)13-12(15-10)16-2;/h3-7H,1-2H3;1H4/q+1;. The smallest absolute Gasteiger partial charge is 0.371 e. The summed E-state index contributed by atoms with van der Waals surface area (Å²) in [6, 6.07) is 10.3. The first-order valence-electron chi connectivity index (χ1n) is 5.02. The molecule has 17 heavy (non-hydrogen) atoms. The molecule has 0 saturated heterocycles. The van der Waals surface area contributed by atoms with Gasteiger partial charge in [-0.05, 0) is 24.1 Å². The Bertz CT molecular complexity index is 676. The van der Waals surface area contributed by atoms with Gasteiger partial charge in [0.15, 0.2) is 0 Å². The zero-order valence-corrected chi connectivity index (χ0v) is 9.91. The number of fused-ring (bicyclic) bond motifs is 2. The average molecular weight is 247 g/mol. The van der Waals surface area contributed by atoms with E-state index in [1.165, 1.54) is 17.1 Å². The van der Waals surface area contributed by atoms with Gasteiger partial charge in [-0.2, -0.15) is 0 Å². The van der Waals surface area contributed by atoms with Crippen molar-refractivity contribution >= 4 is 33.9 Å². The first-order valence-corrected chi connectivity index (χ1v) is 6.24. The van der Waals surface area contributed by atoms with E-state index in [2.05, 4.69) is 21.7 Å². The minimum Gasteiger partial charge on any atom is -0.406 e. The lowest BCUT2D eigenvalue weighted by molar-refractivity contribution is -0.619. The molecule has 0 saturated carbocycles. The summed E-state index contributed by atoms with van der Waals surface area (Å²) >= 11 is 1.52. The third-order valence-corrected chi connectivity index (χ3v) is 3.22. The highest BCUT2D eigenvalue weighted by atomic mass is 32.2. The summed E-state index contributed by atoms with van der Waals surface area (Å²) in [5.41, 5.74) is 2.89. The van der Waals surface area contributed by atoms with E-state index in [4.69, 9.17) is 4.42 Å². The minimum atomic E-state index is 0. The number of aromatic nitrogens is 2. The summed E-state index contributed by atoms with van der Waals surface area (Å²) in [5, 5.41) is 1.88. The molecule has 2 heterocycles. The molecule has 0 N–H and O–H groups in total. The van der Waals surface area contributed by atoms with Crippen LogP contribution in [0.5, 0.6) is 0 Å². The van der Waals surface area contributed by atoms with Gasteiger partial charge in [0.2, 0.25) is 5.58 Å². The molecular weight excluding hydrogens is 232 g/mol. The number of hydrogen-bond acceptors (Lipinski definition) is 3. The van der Waals surface area contributed by atoms with Gasteiger partial charge in [0.1, 0.15) is 5.52 Å². The van der Waals surface area contributed by atoms with E-state index in [1.54, 1.807) is 0 Å². The summed E-state index contributed by atoms with van der Waals surface area (Å²) in [7, 11) is 2.01. The van der Waals surface area contributed by atoms with Gasteiger partial charge in [-0.25, -0.2) is 4.57 Å². The van der Waals surface area contributed by atoms with Crippen molar-refractivity contribution in [3.05, 3.63) is 30.3 Å². The van der Waals surface area contributed by atoms with Crippen LogP contribution in [0.25, 0.3) is 22.1 Å². The van der Waals surface area contributed by atoms with Crippen LogP contribution >= 0.6 is 11.8 Å². The van der Waals surface area contributed by atoms with Crippen LogP contribution in [0.2, 0.25) is 0 Å². The topological polar surface area (TPSA) is 29.9 Å². The minimum absolute atomic E-state index is 0. The molecule has 3 aromatic rings. The number of pyridine rings is 1. The summed E-state index contributed by atoms with van der Waals surface area (Å²) in [6.07, 6.45) is 1.96. The summed E-state index contributed by atoms with van der Waals surface area (Å²) in [4.78, 5) is 4.44. The Kier molecular flexibility index (Phi) is 3.07. The fourth-order valence-corrected chi connectivity index (χ4v) is 2.25. The van der Waals surface area contributed by atoms with E-state index >= 15 is 0 Å². The van der Waals surface area contributed by atoms with Crippen LogP contribution in [0, 0.1) is 0 Å². The van der Waals surface area contributed by atoms with Crippen LogP contribution in [-0.2, 0) is 7.05 Å². The van der Waals surface area contributed by atoms with Crippen molar-refractivity contribution in [2.45, 2.75) is 12.6 Å². The monoisotopic (exact) mass is 247 g/mol. The van der Waals surface area contributed by atoms with E-state index < -0.39 is 0 Å². The lowest BCUT2D eigenvalue weighted by Crippen LogP contribution is -2.30. The average Bonchev–Trinajstić information content (AvgIpc) is 2.73. The van der Waals surface area contributed by atoms with E-state index in [1.807, 2.05) is 31.5 Å². The van der Waals surface area contributed by atoms with Gasteiger partial charge in [-0.1, -0.05) is 25.6 Å². The van der Waals surface area contributed by atoms with Crippen LogP contribution in [0.15, 0.2) is 40.0 Å². The van der Waals surface area contributed by atoms with Crippen LogP contribution < -0.4 is 4.57 Å². The van der Waals surface area contributed by atoms with Crippen LogP contribution in [0.4, 0.5) is 0 Å². The molecule has 3 nitrogen and oxygen atoms in total. The largest absolute Gasteiger partial charge is 0.406 e. The highest BCUT2D eigenvalue weighted by Crippen LogP contribution is 2.22. The quantitative estimate of drug-likeness (QED) is 0.488. The Morgan fingerprint density at radius 1 is 1.29 bits per heavy atom. The second-order valence-electron chi connectivity index (χ2n) is 3.63. The van der Waals surface area contributed by atoms with Crippen molar-refractivity contribution in [3.63, 3.8) is 0 Å². The predicted octanol–water partition coefficient (Wildman–Crippen LogP) is 3.16. The van der Waals surface area contributed by atoms with Gasteiger partial charge in [-0.3, -0.25) is 0 Å². The van der Waals surface area contributed by atoms with Crippen molar-refractivity contribution in [1.29, 1.82) is 0 Å². The Hall–Kier alpha value is -1.55. The first kappa shape index (κ1) is 11.9. The molecule has 4 heteroatoms. The number of rotatable bonds is 1. The summed E-state index contributed by atoms with van der Waals surface area (Å²) in [5.74, 6) is 0. The number of nitrogens with zero attached hydrogens (tertiary/aromatic N) is 2. The van der Waals surface area contributed by atoms with Gasteiger partial charge < -0.3 is 4.42 Å². The zero-order chi connectivity index (χ0) is 11.1. The van der Waals surface area contributed by atoms with Gasteiger partial charge in [0.25, 0.3) is 0 Å². The third kappa shape index (κ3) is 1.78. The van der Waals surface area contributed by atoms with Gasteiger partial charge in [-0.15, -0.1) is 0 Å². The van der Waals surface area contributed by atoms with E-state index in [0.717, 1.165) is 16.7 Å². The van der Waals surface area contributed by atoms with Crippen molar-refractivity contribution in [3.8, 4) is 0 Å². The second kappa shape index (κ2) is 4.37. The fourth-order valence-electron chi connectivity index (χ4n) is 1.90. The van der Waals surface area contributed by atoms with Crippen molar-refractivity contribution in [1.82, 2.24) is 4.98 Å². The van der Waals surface area contributed by atoms with E-state index in [0.29, 0.717) is 5.22 Å². The number of hydrogen-bond donors (Lipinski definition) is 0. The Labute approximate surface area is 104 Å². The number of para-hydroxylation sites is 1. The molecule has 0 atom stereocenters. The molecule has 0 radical (unpaired) electrons. The molecule has 3 rings (SSSR count). The molecule has 0 amide bonds. The number of thioether (sulfide) groups is 1. The Morgan fingerprint density at radius 3 is 2.82 bits per heavy atom. The second-order valence-corrected chi connectivity index (χ2v) is 4.39. The number of aryl methyl sites for hydroxylation is 1. The van der Waals surface area contributed by atoms with Crippen LogP contribution in [0.1, 0.15) is 7.43 Å². The molecule has 0 spiro atoms. The van der Waals surface area contributed by atoms with Crippen LogP contribution in [0.3, 0.4) is 0 Å². The van der Waals surface area contributed by atoms with E-state index in [9.17, 15) is 0 Å². The molecular formula is C13H15N2OS+. The molecule has 0 aliphatic carbocycles. The number of oxazole rings is 1. The van der Waals surface area contributed by atoms with Crippen molar-refractivity contribution in [2.75, 3.05) is 6.26 Å². The Morgan fingerprint density at radius 2 is 2.06 bits per heavy atom. The number of benzene rings is 1. The third-order valence-electron chi connectivity index (χ3n) is 2.69. The van der Waals surface area contributed by atoms with E-state index in [-0.39, 0.29) is 7.43 Å².